The maximum atomic E-state index is 8.88. The fourth-order valence-corrected chi connectivity index (χ4v) is 5.63. The first-order valence-corrected chi connectivity index (χ1v) is 20.6. The molecule has 6 heterocycles. The maximum absolute atomic E-state index is 8.88. The van der Waals surface area contributed by atoms with Crippen LogP contribution in [0.5, 0.6) is 0 Å². The summed E-state index contributed by atoms with van der Waals surface area (Å²) in [7, 11) is -1.96. The highest BCUT2D eigenvalue weighted by molar-refractivity contribution is 9.11. The standard InChI is InChI=1S/C9H13BN2O2.C9H21BO3.C9H11BrN2.C5H3Br2N.C4H9N/c13-10(14)8-3-4-9(11-7-8)12-5-1-2-6-12;1-7(2)11-10(12-8(3)4)13-9(5)6;10-8-3-4-9(11-7-8)12-5-1-2-6-12;6-4-1-2-5(7)8-3-4;1-2-4-5-3-1/h3-4,7,13-14H,1-2,5-6H2;7-9H,1-6H3;3-4,7H,1-2,5-6H2;1-3H;5H,1-4H2. The topological polar surface area (TPSA) is 125 Å². The van der Waals surface area contributed by atoms with Gasteiger partial charge in [0.2, 0.25) is 0 Å². The number of anilines is 2. The van der Waals surface area contributed by atoms with E-state index in [2.05, 4.69) is 83.9 Å². The lowest BCUT2D eigenvalue weighted by Gasteiger charge is -2.20. The van der Waals surface area contributed by atoms with E-state index in [4.69, 9.17) is 24.0 Å². The van der Waals surface area contributed by atoms with Crippen molar-refractivity contribution >= 4 is 79.3 Å². The van der Waals surface area contributed by atoms with Crippen LogP contribution in [0, 0.1) is 0 Å². The molecule has 0 saturated carbocycles. The van der Waals surface area contributed by atoms with Crippen LogP contribution >= 0.6 is 47.8 Å². The Labute approximate surface area is 337 Å². The van der Waals surface area contributed by atoms with Crippen LogP contribution in [0.3, 0.4) is 0 Å². The zero-order valence-corrected chi connectivity index (χ0v) is 36.3. The molecule has 11 nitrogen and oxygen atoms in total. The van der Waals surface area contributed by atoms with Crippen LogP contribution in [0.25, 0.3) is 0 Å². The molecule has 0 amide bonds. The summed E-state index contributed by atoms with van der Waals surface area (Å²) >= 11 is 9.85. The van der Waals surface area contributed by atoms with E-state index in [-0.39, 0.29) is 18.3 Å². The zero-order chi connectivity index (χ0) is 38.3. The van der Waals surface area contributed by atoms with Crippen LogP contribution < -0.4 is 20.6 Å². The quantitative estimate of drug-likeness (QED) is 0.152. The number of pyridine rings is 3. The molecule has 3 aromatic rings. The monoisotopic (exact) mass is 912 g/mol. The first-order valence-electron chi connectivity index (χ1n) is 18.2. The molecule has 3 saturated heterocycles. The molecule has 0 radical (unpaired) electrons. The van der Waals surface area contributed by atoms with Crippen molar-refractivity contribution in [1.29, 1.82) is 0 Å². The minimum absolute atomic E-state index is 0.113. The summed E-state index contributed by atoms with van der Waals surface area (Å²) in [5.74, 6) is 2.03. The summed E-state index contributed by atoms with van der Waals surface area (Å²) in [6, 6.07) is 11.4. The molecule has 0 spiro atoms. The molecular weight excluding hydrogens is 858 g/mol. The molecule has 52 heavy (non-hydrogen) atoms. The number of nitrogens with one attached hydrogen (secondary N) is 1. The predicted octanol–water partition coefficient (Wildman–Crippen LogP) is 7.03. The first-order chi connectivity index (χ1) is 24.8. The lowest BCUT2D eigenvalue weighted by atomic mass is 9.82. The van der Waals surface area contributed by atoms with Crippen LogP contribution in [0.1, 0.15) is 80.1 Å². The summed E-state index contributed by atoms with van der Waals surface area (Å²) in [4.78, 5) is 17.0. The highest BCUT2D eigenvalue weighted by Gasteiger charge is 2.25. The average Bonchev–Trinajstić information content (AvgIpc) is 3.93. The number of hydrogen-bond acceptors (Lipinski definition) is 11. The van der Waals surface area contributed by atoms with E-state index in [9.17, 15) is 0 Å². The highest BCUT2D eigenvalue weighted by Crippen LogP contribution is 2.19. The van der Waals surface area contributed by atoms with E-state index in [1.54, 1.807) is 12.3 Å². The third kappa shape index (κ3) is 21.3. The van der Waals surface area contributed by atoms with Crippen molar-refractivity contribution in [2.75, 3.05) is 49.1 Å². The van der Waals surface area contributed by atoms with Gasteiger partial charge in [-0.2, -0.15) is 0 Å². The van der Waals surface area contributed by atoms with Crippen molar-refractivity contribution in [3.05, 3.63) is 68.5 Å². The van der Waals surface area contributed by atoms with Gasteiger partial charge in [0.1, 0.15) is 16.2 Å². The van der Waals surface area contributed by atoms with Gasteiger partial charge in [0.15, 0.2) is 0 Å². The Kier molecular flexibility index (Phi) is 24.2. The van der Waals surface area contributed by atoms with Crippen LogP contribution in [-0.4, -0.2) is 97.0 Å². The average molecular weight is 915 g/mol. The molecule has 0 aromatic carbocycles. The minimum Gasteiger partial charge on any atom is -0.423 e. The Bertz CT molecular complexity index is 1270. The number of halogens is 3. The fourth-order valence-electron chi connectivity index (χ4n) is 4.93. The molecule has 3 N–H and O–H groups in total. The Morgan fingerprint density at radius 3 is 1.31 bits per heavy atom. The first kappa shape index (κ1) is 46.5. The Hall–Kier alpha value is -1.62. The van der Waals surface area contributed by atoms with Crippen LogP contribution in [-0.2, 0) is 14.0 Å². The Morgan fingerprint density at radius 1 is 0.596 bits per heavy atom. The lowest BCUT2D eigenvalue weighted by molar-refractivity contribution is 0.0335. The van der Waals surface area contributed by atoms with Gasteiger partial charge in [-0.25, -0.2) is 15.0 Å². The van der Waals surface area contributed by atoms with Gasteiger partial charge in [-0.15, -0.1) is 0 Å². The summed E-state index contributed by atoms with van der Waals surface area (Å²) in [6.45, 7) is 18.7. The van der Waals surface area contributed by atoms with Gasteiger partial charge in [0.25, 0.3) is 0 Å². The molecule has 6 rings (SSSR count). The van der Waals surface area contributed by atoms with Crippen molar-refractivity contribution in [2.45, 2.75) is 98.4 Å². The van der Waals surface area contributed by atoms with Gasteiger partial charge in [0, 0.05) is 77.5 Å². The highest BCUT2D eigenvalue weighted by atomic mass is 79.9. The van der Waals surface area contributed by atoms with Crippen molar-refractivity contribution in [3.63, 3.8) is 0 Å². The van der Waals surface area contributed by atoms with E-state index in [0.29, 0.717) is 5.46 Å². The van der Waals surface area contributed by atoms with E-state index in [1.165, 1.54) is 57.8 Å². The van der Waals surface area contributed by atoms with Crippen LogP contribution in [0.15, 0.2) is 68.5 Å². The fraction of sp³-hybridized carbons (Fsp3) is 0.583. The lowest BCUT2D eigenvalue weighted by Crippen LogP contribution is -2.34. The third-order valence-electron chi connectivity index (χ3n) is 7.44. The van der Waals surface area contributed by atoms with Gasteiger partial charge in [-0.3, -0.25) is 0 Å². The number of rotatable bonds is 9. The summed E-state index contributed by atoms with van der Waals surface area (Å²) < 4.78 is 19.2. The minimum atomic E-state index is -1.42. The molecule has 0 unspecified atom stereocenters. The zero-order valence-electron chi connectivity index (χ0n) is 31.6. The van der Waals surface area contributed by atoms with Gasteiger partial charge < -0.3 is 39.1 Å². The van der Waals surface area contributed by atoms with Gasteiger partial charge in [-0.05, 0) is 171 Å². The second-order valence-electron chi connectivity index (χ2n) is 13.1. The second-order valence-corrected chi connectivity index (χ2v) is 15.8. The summed E-state index contributed by atoms with van der Waals surface area (Å²) in [6.07, 6.45) is 13.3. The molecule has 288 valence electrons. The maximum Gasteiger partial charge on any atom is 0.639 e. The van der Waals surface area contributed by atoms with Gasteiger partial charge in [-0.1, -0.05) is 6.07 Å². The smallest absolute Gasteiger partial charge is 0.423 e. The van der Waals surface area contributed by atoms with E-state index >= 15 is 0 Å². The predicted molar refractivity (Wildman–Crippen MR) is 225 cm³/mol. The molecule has 3 fully saturated rings. The van der Waals surface area contributed by atoms with E-state index in [1.807, 2.05) is 72.0 Å². The van der Waals surface area contributed by atoms with Gasteiger partial charge >= 0.3 is 14.4 Å². The number of nitrogens with zero attached hydrogens (tertiary/aromatic N) is 5. The summed E-state index contributed by atoms with van der Waals surface area (Å²) in [5, 5.41) is 21.0. The largest absolute Gasteiger partial charge is 0.639 e. The Morgan fingerprint density at radius 2 is 1.02 bits per heavy atom. The normalized spacial score (nSPS) is 14.9. The molecule has 0 bridgehead atoms. The van der Waals surface area contributed by atoms with Crippen molar-refractivity contribution in [1.82, 2.24) is 20.3 Å². The van der Waals surface area contributed by atoms with Crippen molar-refractivity contribution < 1.29 is 24.0 Å². The molecule has 3 aliphatic heterocycles. The summed E-state index contributed by atoms with van der Waals surface area (Å²) in [5.41, 5.74) is 0.438. The molecule has 3 aliphatic rings. The van der Waals surface area contributed by atoms with Gasteiger partial charge in [0.05, 0.1) is 0 Å². The van der Waals surface area contributed by atoms with E-state index in [0.717, 1.165) is 51.4 Å². The molecule has 0 aliphatic carbocycles. The molecule has 3 aromatic heterocycles. The molecule has 16 heteroatoms. The molecular formula is C36H57B2Br3N6O5. The number of hydrogen-bond donors (Lipinski definition) is 3. The SMILES string of the molecule is Brc1ccc(Br)nc1.Brc1ccc(N2CCCC2)nc1.C1CCNC1.CC(C)OB(OC(C)C)OC(C)C.OB(O)c1ccc(N2CCCC2)nc1. The van der Waals surface area contributed by atoms with Crippen LogP contribution in [0.4, 0.5) is 11.6 Å². The number of aromatic nitrogens is 3. The molecule has 0 atom stereocenters. The second kappa shape index (κ2) is 27.0. The third-order valence-corrected chi connectivity index (χ3v) is 8.85. The Balaban J connectivity index is 0.000000232. The van der Waals surface area contributed by atoms with Crippen LogP contribution in [0.2, 0.25) is 0 Å². The van der Waals surface area contributed by atoms with Crippen molar-refractivity contribution in [2.24, 2.45) is 0 Å². The van der Waals surface area contributed by atoms with Crippen molar-refractivity contribution in [3.8, 4) is 0 Å². The van der Waals surface area contributed by atoms with E-state index < -0.39 is 14.4 Å².